The molecular weight excluding hydrogens is 433 g/mol. The van der Waals surface area contributed by atoms with Crippen molar-refractivity contribution in [3.8, 4) is 5.75 Å². The molecule has 0 radical (unpaired) electrons. The van der Waals surface area contributed by atoms with Crippen LogP contribution in [0.25, 0.3) is 0 Å². The van der Waals surface area contributed by atoms with Crippen LogP contribution in [0.15, 0.2) is 27.7 Å². The Kier molecular flexibility index (Phi) is 10.9. The molecule has 114 valence electrons. The van der Waals surface area contributed by atoms with Gasteiger partial charge < -0.3 is 15.4 Å². The van der Waals surface area contributed by atoms with E-state index >= 15 is 0 Å². The number of guanidine groups is 1. The number of nitrogens with one attached hydrogen (secondary N) is 2. The number of unbranched alkanes of at least 4 members (excludes halogenated alkanes) is 1. The topological polar surface area (TPSA) is 45.7 Å². The van der Waals surface area contributed by atoms with Crippen LogP contribution in [0.1, 0.15) is 25.3 Å². The largest absolute Gasteiger partial charge is 0.496 e. The summed E-state index contributed by atoms with van der Waals surface area (Å²) in [4.78, 5) is 4.19. The Morgan fingerprint density at radius 3 is 2.65 bits per heavy atom. The number of ether oxygens (including phenoxy) is 1. The van der Waals surface area contributed by atoms with Crippen LogP contribution in [0.4, 0.5) is 0 Å². The van der Waals surface area contributed by atoms with Crippen LogP contribution in [0.5, 0.6) is 5.75 Å². The highest BCUT2D eigenvalue weighted by Crippen LogP contribution is 2.25. The van der Waals surface area contributed by atoms with E-state index in [9.17, 15) is 0 Å². The van der Waals surface area contributed by atoms with Crippen molar-refractivity contribution in [2.75, 3.05) is 20.7 Å². The summed E-state index contributed by atoms with van der Waals surface area (Å²) >= 11 is 3.48. The molecule has 6 heteroatoms. The number of benzene rings is 1. The fraction of sp³-hybridized carbons (Fsp3) is 0.500. The minimum absolute atomic E-state index is 0. The predicted molar refractivity (Wildman–Crippen MR) is 99.2 cm³/mol. The van der Waals surface area contributed by atoms with Crippen molar-refractivity contribution in [3.63, 3.8) is 0 Å². The number of nitrogens with zero attached hydrogens (tertiary/aromatic N) is 1. The van der Waals surface area contributed by atoms with E-state index in [1.807, 2.05) is 18.2 Å². The molecule has 0 aliphatic rings. The van der Waals surface area contributed by atoms with E-state index < -0.39 is 0 Å². The number of methoxy groups -OCH3 is 1. The summed E-state index contributed by atoms with van der Waals surface area (Å²) in [6.07, 6.45) is 2.32. The molecule has 1 aromatic carbocycles. The molecule has 0 fully saturated rings. The van der Waals surface area contributed by atoms with E-state index in [0.717, 1.165) is 35.7 Å². The third-order valence-electron chi connectivity index (χ3n) is 2.72. The maximum Gasteiger partial charge on any atom is 0.191 e. The van der Waals surface area contributed by atoms with Gasteiger partial charge >= 0.3 is 0 Å². The molecule has 0 saturated heterocycles. The average Bonchev–Trinajstić information content (AvgIpc) is 2.43. The van der Waals surface area contributed by atoms with Gasteiger partial charge in [0.05, 0.1) is 11.6 Å². The first-order valence-corrected chi connectivity index (χ1v) is 7.27. The molecule has 0 aliphatic heterocycles. The number of hydrogen-bond acceptors (Lipinski definition) is 2. The van der Waals surface area contributed by atoms with Crippen LogP contribution in [-0.4, -0.2) is 26.7 Å². The smallest absolute Gasteiger partial charge is 0.191 e. The van der Waals surface area contributed by atoms with Gasteiger partial charge in [-0.25, -0.2) is 0 Å². The van der Waals surface area contributed by atoms with Gasteiger partial charge in [-0.05, 0) is 40.0 Å². The second kappa shape index (κ2) is 11.2. The van der Waals surface area contributed by atoms with Crippen molar-refractivity contribution in [2.24, 2.45) is 4.99 Å². The highest BCUT2D eigenvalue weighted by molar-refractivity contribution is 14.0. The first-order chi connectivity index (χ1) is 9.21. The molecule has 2 N–H and O–H groups in total. The monoisotopic (exact) mass is 455 g/mol. The van der Waals surface area contributed by atoms with Crippen molar-refractivity contribution in [2.45, 2.75) is 26.3 Å². The SMILES string of the molecule is CCCCNC(=NC)NCc1ccc(OC)c(Br)c1.I. The van der Waals surface area contributed by atoms with E-state index in [0.29, 0.717) is 0 Å². The van der Waals surface area contributed by atoms with Crippen LogP contribution >= 0.6 is 39.9 Å². The fourth-order valence-corrected chi connectivity index (χ4v) is 2.20. The molecule has 1 rings (SSSR count). The van der Waals surface area contributed by atoms with Crippen molar-refractivity contribution in [1.29, 1.82) is 0 Å². The Morgan fingerprint density at radius 1 is 1.35 bits per heavy atom. The lowest BCUT2D eigenvalue weighted by Crippen LogP contribution is -2.37. The summed E-state index contributed by atoms with van der Waals surface area (Å²) in [5.74, 6) is 1.68. The molecule has 20 heavy (non-hydrogen) atoms. The molecule has 0 aliphatic carbocycles. The first kappa shape index (κ1) is 19.5. The molecule has 0 unspecified atom stereocenters. The highest BCUT2D eigenvalue weighted by Gasteiger charge is 2.02. The molecule has 4 nitrogen and oxygen atoms in total. The van der Waals surface area contributed by atoms with Crippen molar-refractivity contribution in [1.82, 2.24) is 10.6 Å². The summed E-state index contributed by atoms with van der Waals surface area (Å²) in [5, 5.41) is 6.57. The molecule has 0 amide bonds. The lowest BCUT2D eigenvalue weighted by Gasteiger charge is -2.12. The van der Waals surface area contributed by atoms with Gasteiger partial charge in [-0.3, -0.25) is 4.99 Å². The van der Waals surface area contributed by atoms with E-state index in [1.54, 1.807) is 14.2 Å². The van der Waals surface area contributed by atoms with Crippen LogP contribution in [-0.2, 0) is 6.54 Å². The Bertz CT molecular complexity index is 427. The third kappa shape index (κ3) is 6.78. The third-order valence-corrected chi connectivity index (χ3v) is 3.34. The van der Waals surface area contributed by atoms with Crippen molar-refractivity contribution < 1.29 is 4.74 Å². The van der Waals surface area contributed by atoms with E-state index in [1.165, 1.54) is 12.0 Å². The lowest BCUT2D eigenvalue weighted by molar-refractivity contribution is 0.412. The fourth-order valence-electron chi connectivity index (χ4n) is 1.61. The van der Waals surface area contributed by atoms with Crippen LogP contribution in [0.3, 0.4) is 0 Å². The van der Waals surface area contributed by atoms with Crippen LogP contribution in [0, 0.1) is 0 Å². The summed E-state index contributed by atoms with van der Waals surface area (Å²) in [5.41, 5.74) is 1.17. The predicted octanol–water partition coefficient (Wildman–Crippen LogP) is 3.54. The summed E-state index contributed by atoms with van der Waals surface area (Å²) in [6.45, 7) is 3.85. The Labute approximate surface area is 146 Å². The van der Waals surface area contributed by atoms with E-state index in [2.05, 4.69) is 38.5 Å². The second-order valence-electron chi connectivity index (χ2n) is 4.17. The molecule has 0 atom stereocenters. The zero-order valence-corrected chi connectivity index (χ0v) is 16.1. The molecule has 0 aromatic heterocycles. The van der Waals surface area contributed by atoms with Gasteiger partial charge in [0.2, 0.25) is 0 Å². The van der Waals surface area contributed by atoms with Gasteiger partial charge in [0.25, 0.3) is 0 Å². The number of hydrogen-bond donors (Lipinski definition) is 2. The maximum atomic E-state index is 5.21. The van der Waals surface area contributed by atoms with E-state index in [4.69, 9.17) is 4.74 Å². The summed E-state index contributed by atoms with van der Waals surface area (Å²) in [6, 6.07) is 6.04. The standard InChI is InChI=1S/C14H22BrN3O.HI/c1-4-5-8-17-14(16-2)18-10-11-6-7-13(19-3)12(15)9-11;/h6-7,9H,4-5,8,10H2,1-3H3,(H2,16,17,18);1H. The van der Waals surface area contributed by atoms with Gasteiger partial charge in [0.15, 0.2) is 5.96 Å². The van der Waals surface area contributed by atoms with Gasteiger partial charge in [0.1, 0.15) is 5.75 Å². The summed E-state index contributed by atoms with van der Waals surface area (Å²) in [7, 11) is 3.45. The van der Waals surface area contributed by atoms with Crippen LogP contribution < -0.4 is 15.4 Å². The lowest BCUT2D eigenvalue weighted by atomic mass is 10.2. The first-order valence-electron chi connectivity index (χ1n) is 6.48. The number of aliphatic imine (C=N–C) groups is 1. The second-order valence-corrected chi connectivity index (χ2v) is 5.03. The van der Waals surface area contributed by atoms with Gasteiger partial charge in [-0.1, -0.05) is 19.4 Å². The zero-order chi connectivity index (χ0) is 14.1. The number of halogens is 2. The maximum absolute atomic E-state index is 5.21. The molecular formula is C14H23BrIN3O. The Hall–Kier alpha value is -0.500. The van der Waals surface area contributed by atoms with Gasteiger partial charge in [-0.15, -0.1) is 24.0 Å². The quantitative estimate of drug-likeness (QED) is 0.298. The summed E-state index contributed by atoms with van der Waals surface area (Å²) < 4.78 is 6.17. The number of rotatable bonds is 6. The average molecular weight is 456 g/mol. The molecule has 0 heterocycles. The zero-order valence-electron chi connectivity index (χ0n) is 12.2. The van der Waals surface area contributed by atoms with Crippen molar-refractivity contribution in [3.05, 3.63) is 28.2 Å². The minimum Gasteiger partial charge on any atom is -0.496 e. The van der Waals surface area contributed by atoms with E-state index in [-0.39, 0.29) is 24.0 Å². The Morgan fingerprint density at radius 2 is 2.10 bits per heavy atom. The van der Waals surface area contributed by atoms with Gasteiger partial charge in [0, 0.05) is 20.1 Å². The minimum atomic E-state index is 0. The molecule has 1 aromatic rings. The van der Waals surface area contributed by atoms with Crippen LogP contribution in [0.2, 0.25) is 0 Å². The van der Waals surface area contributed by atoms with Crippen molar-refractivity contribution >= 4 is 45.9 Å². The normalized spacial score (nSPS) is 10.7. The molecule has 0 saturated carbocycles. The molecule has 0 spiro atoms. The molecule has 0 bridgehead atoms. The Balaban J connectivity index is 0.00000361. The van der Waals surface area contributed by atoms with Gasteiger partial charge in [-0.2, -0.15) is 0 Å². The highest BCUT2D eigenvalue weighted by atomic mass is 127.